The predicted molar refractivity (Wildman–Crippen MR) is 598 cm³/mol. The highest BCUT2D eigenvalue weighted by Gasteiger charge is 2.55. The predicted octanol–water partition coefficient (Wildman–Crippen LogP) is 30.7. The fraction of sp³-hybridized carbons (Fsp3) is 0.136. The van der Waals surface area contributed by atoms with Gasteiger partial charge < -0.3 is 37.9 Å². The molecule has 4 aliphatic rings. The van der Waals surface area contributed by atoms with Crippen LogP contribution < -0.4 is 18.9 Å². The van der Waals surface area contributed by atoms with Crippen LogP contribution in [0, 0.1) is 23.2 Å². The number of hydrogen-bond donors (Lipinski definition) is 0. The van der Waals surface area contributed by atoms with Gasteiger partial charge in [0.25, 0.3) is 0 Å². The molecule has 0 saturated heterocycles. The van der Waals surface area contributed by atoms with Crippen molar-refractivity contribution in [2.24, 2.45) is 23.2 Å². The normalized spacial score (nSPS) is 14.3. The molecule has 4 aliphatic carbocycles. The van der Waals surface area contributed by atoms with E-state index in [1.54, 1.807) is 24.3 Å². The molecule has 0 aromatic heterocycles. The van der Waals surface area contributed by atoms with Crippen molar-refractivity contribution in [2.75, 3.05) is 52.9 Å². The van der Waals surface area contributed by atoms with Crippen LogP contribution in [0.2, 0.25) is 0 Å². The van der Waals surface area contributed by atoms with Crippen molar-refractivity contribution in [1.29, 1.82) is 0 Å². The number of fused-ring (bicyclic) bond motifs is 2. The molecule has 12 nitrogen and oxygen atoms in total. The maximum Gasteiger partial charge on any atom is 0.338 e. The molecule has 16 heteroatoms. The first-order valence-corrected chi connectivity index (χ1v) is 55.0. The Labute approximate surface area is 880 Å². The number of carbonyl (C=O) groups excluding carboxylic acids is 4. The summed E-state index contributed by atoms with van der Waals surface area (Å²) in [5, 5.41) is 4.02. The summed E-state index contributed by atoms with van der Waals surface area (Å²) in [7, 11) is -0.737. The fourth-order valence-corrected chi connectivity index (χ4v) is 27.1. The van der Waals surface area contributed by atoms with Gasteiger partial charge in [-0.25, -0.2) is 14.4 Å². The molecule has 4 bridgehead atoms. The molecular weight excluding hydrogens is 1910 g/mol. The molecule has 19 aromatic carbocycles. The molecular formula is C132H118O12S4+4. The molecule has 23 rings (SSSR count). The summed E-state index contributed by atoms with van der Waals surface area (Å²) < 4.78 is 45.3. The molecule has 0 radical (unpaired) electrons. The molecule has 0 spiro atoms. The number of hydrogen-bond acceptors (Lipinski definition) is 12. The van der Waals surface area contributed by atoms with Crippen LogP contribution >= 0.6 is 0 Å². The van der Waals surface area contributed by atoms with Gasteiger partial charge in [0.2, 0.25) is 0 Å². The zero-order valence-electron chi connectivity index (χ0n) is 82.4. The minimum absolute atomic E-state index is 0.0327. The smallest absolute Gasteiger partial charge is 0.338 e. The van der Waals surface area contributed by atoms with Gasteiger partial charge in [0.05, 0.1) is 65.7 Å². The minimum Gasteiger partial charge on any atom is -0.490 e. The van der Waals surface area contributed by atoms with Crippen LogP contribution in [0.15, 0.2) is 587 Å². The van der Waals surface area contributed by atoms with E-state index in [0.717, 1.165) is 81.6 Å². The number of benzene rings is 19. The molecule has 0 aliphatic heterocycles. The Balaban J connectivity index is 0.000000129. The molecule has 0 heterocycles. The van der Waals surface area contributed by atoms with Gasteiger partial charge in [-0.2, -0.15) is 0 Å². The highest BCUT2D eigenvalue weighted by Crippen LogP contribution is 2.60. The zero-order chi connectivity index (χ0) is 101. The minimum atomic E-state index is -0.343. The van der Waals surface area contributed by atoms with Gasteiger partial charge in [0.15, 0.2) is 58.7 Å². The summed E-state index contributed by atoms with van der Waals surface area (Å²) in [4.78, 5) is 65.1. The van der Waals surface area contributed by atoms with Crippen molar-refractivity contribution < 1.29 is 57.1 Å². The topological polar surface area (TPSA) is 142 Å². The Bertz CT molecular complexity index is 6940. The molecule has 148 heavy (non-hydrogen) atoms. The first-order valence-electron chi connectivity index (χ1n) is 50.1. The summed E-state index contributed by atoms with van der Waals surface area (Å²) in [5.41, 5.74) is 1.46. The van der Waals surface area contributed by atoms with Crippen LogP contribution in [-0.2, 0) is 67.3 Å². The summed E-state index contributed by atoms with van der Waals surface area (Å²) in [6.07, 6.45) is 7.14. The van der Waals surface area contributed by atoms with Crippen molar-refractivity contribution in [3.05, 3.63) is 544 Å². The van der Waals surface area contributed by atoms with Crippen LogP contribution in [0.5, 0.6) is 23.0 Å². The Morgan fingerprint density at radius 1 is 0.203 bits per heavy atom. The van der Waals surface area contributed by atoms with Gasteiger partial charge in [0.1, 0.15) is 75.9 Å². The number of rotatable bonds is 32. The van der Waals surface area contributed by atoms with Crippen molar-refractivity contribution in [3.63, 3.8) is 0 Å². The van der Waals surface area contributed by atoms with Crippen molar-refractivity contribution in [1.82, 2.24) is 0 Å². The van der Waals surface area contributed by atoms with Crippen molar-refractivity contribution >= 4 is 89.0 Å². The van der Waals surface area contributed by atoms with E-state index in [0.29, 0.717) is 49.7 Å². The summed E-state index contributed by atoms with van der Waals surface area (Å²) in [6, 6.07) is 177. The monoisotopic (exact) mass is 2020 g/mol. The van der Waals surface area contributed by atoms with Gasteiger partial charge in [-0.3, -0.25) is 4.79 Å². The van der Waals surface area contributed by atoms with Crippen LogP contribution in [0.25, 0.3) is 21.5 Å². The average molecular weight is 2020 g/mol. The van der Waals surface area contributed by atoms with Gasteiger partial charge in [0, 0.05) is 0 Å². The van der Waals surface area contributed by atoms with E-state index in [4.69, 9.17) is 37.9 Å². The SMILES string of the molecule is O=C(OCCOc1ccc([S+](c2ccccc2)c2ccccc2)cc1)C12CC3CC(CC(C3)C1)C2.O=C(OCCOc1ccc([S+](c2ccccc2)c2ccccc2)cc1)c1ccc2ccccc2c1.O=C(OCCOc1ccc([S+](c2ccccc2)c2ccccc2)cc1)c1cccc2ccccc12.O=C(OCCOc1ccc([S+](c2ccccc2)c2ccccc2)cc1)c1ccccc1.c1ccccc1.c1ccccc1. The molecule has 4 saturated carbocycles. The van der Waals surface area contributed by atoms with Crippen LogP contribution in [-0.4, -0.2) is 76.7 Å². The van der Waals surface area contributed by atoms with E-state index in [1.807, 2.05) is 249 Å². The fourth-order valence-electron chi connectivity index (χ4n) is 18.8. The van der Waals surface area contributed by atoms with Crippen LogP contribution in [0.1, 0.15) is 69.6 Å². The van der Waals surface area contributed by atoms with Crippen LogP contribution in [0.3, 0.4) is 0 Å². The lowest BCUT2D eigenvalue weighted by Crippen LogP contribution is -2.50. The van der Waals surface area contributed by atoms with Gasteiger partial charge in [-0.05, 0) is 302 Å². The van der Waals surface area contributed by atoms with Crippen LogP contribution in [0.4, 0.5) is 0 Å². The molecule has 4 fully saturated rings. The third kappa shape index (κ3) is 29.8. The van der Waals surface area contributed by atoms with E-state index < -0.39 is 0 Å². The van der Waals surface area contributed by atoms with E-state index in [-0.39, 0.29) is 92.7 Å². The quantitative estimate of drug-likeness (QED) is 0.0171. The summed E-state index contributed by atoms with van der Waals surface area (Å²) in [5.74, 6) is 4.33. The Kier molecular flexibility index (Phi) is 38.4. The van der Waals surface area contributed by atoms with E-state index in [9.17, 15) is 19.2 Å². The largest absolute Gasteiger partial charge is 0.490 e. The standard InChI is InChI=1S/C31H33O3S.2C31H25O3S.C27H23O3S.2C6H6/c32-30(31-20-23-17-24(21-31)19-25(18-23)22-31)34-16-15-33-26-11-13-29(14-12-26)35(27-7-3-1-4-8-27)28-9-5-2-6-10-28;32-31(30-17-9-11-24-10-7-8-16-29(24)30)34-23-22-33-25-18-20-28(21-19-25)35(26-12-3-1-4-13-26)27-14-5-2-6-15-27;32-31(26-16-15-24-9-7-8-10-25(24)23-26)34-22-21-33-27-17-19-30(20-18-27)35(28-11-3-1-4-12-28)29-13-5-2-6-14-29;28-27(22-10-4-1-5-11-22)30-21-20-29-23-16-18-26(19-17-23)31(24-12-6-2-7-13-24)25-14-8-3-9-15-25;2*1-2-4-6-5-3-1/h1-14,23-25H,15-22H2;1-21H,22-23H2;1-20,23H,21-22H2;1-19H,20-21H2;2*1-6H/q4*+1;;. The lowest BCUT2D eigenvalue weighted by atomic mass is 9.49. The molecule has 0 amide bonds. The molecule has 0 unspecified atom stereocenters. The average Bonchev–Trinajstić information content (AvgIpc) is 0.738. The Morgan fingerprint density at radius 2 is 0.439 bits per heavy atom. The third-order valence-corrected chi connectivity index (χ3v) is 34.1. The second kappa shape index (κ2) is 54.9. The van der Waals surface area contributed by atoms with E-state index >= 15 is 0 Å². The molecule has 738 valence electrons. The second-order valence-corrected chi connectivity index (χ2v) is 43.6. The van der Waals surface area contributed by atoms with Gasteiger partial charge >= 0.3 is 23.9 Å². The number of carbonyl (C=O) groups is 4. The first kappa shape index (κ1) is 104. The molecule has 0 N–H and O–H groups in total. The lowest BCUT2D eigenvalue weighted by Gasteiger charge is -2.55. The number of esters is 4. The Morgan fingerprint density at radius 3 is 0.750 bits per heavy atom. The summed E-state index contributed by atoms with van der Waals surface area (Å²) >= 11 is 0. The molecule has 0 atom stereocenters. The highest BCUT2D eigenvalue weighted by atomic mass is 32.2. The highest BCUT2D eigenvalue weighted by molar-refractivity contribution is 7.98. The third-order valence-electron chi connectivity index (χ3n) is 25.2. The van der Waals surface area contributed by atoms with E-state index in [1.165, 1.54) is 78.0 Å². The van der Waals surface area contributed by atoms with Crippen molar-refractivity contribution in [3.8, 4) is 23.0 Å². The van der Waals surface area contributed by atoms with Gasteiger partial charge in [-0.15, -0.1) is 0 Å². The van der Waals surface area contributed by atoms with E-state index in [2.05, 4.69) is 255 Å². The maximum absolute atomic E-state index is 13.0. The Hall–Kier alpha value is -15.8. The first-order chi connectivity index (χ1) is 73.1. The molecule has 19 aromatic rings. The second-order valence-electron chi connectivity index (χ2n) is 35.5. The lowest BCUT2D eigenvalue weighted by molar-refractivity contribution is -0.172. The number of ether oxygens (including phenoxy) is 8. The summed E-state index contributed by atoms with van der Waals surface area (Å²) in [6.45, 7) is 2.17. The maximum atomic E-state index is 13.0. The zero-order valence-corrected chi connectivity index (χ0v) is 85.7. The van der Waals surface area contributed by atoms with Crippen molar-refractivity contribution in [2.45, 2.75) is 97.3 Å². The van der Waals surface area contributed by atoms with Gasteiger partial charge in [-0.1, -0.05) is 303 Å².